The number of rotatable bonds is 6. The lowest BCUT2D eigenvalue weighted by atomic mass is 10.2. The number of nitrogens with one attached hydrogen (secondary N) is 2. The fourth-order valence-electron chi connectivity index (χ4n) is 1.92. The van der Waals surface area contributed by atoms with Crippen molar-refractivity contribution in [3.05, 3.63) is 40.3 Å². The highest BCUT2D eigenvalue weighted by atomic mass is 32.1. The molecular weight excluding hydrogens is 244 g/mol. The minimum atomic E-state index is 0.287. The lowest BCUT2D eigenvalue weighted by Crippen LogP contribution is -2.32. The number of likely N-dealkylation sites (N-methyl/N-ethyl adjacent to an activating group) is 1. The van der Waals surface area contributed by atoms with Gasteiger partial charge in [0.15, 0.2) is 0 Å². The van der Waals surface area contributed by atoms with Crippen LogP contribution in [0.1, 0.15) is 29.6 Å². The van der Waals surface area contributed by atoms with Gasteiger partial charge in [-0.05, 0) is 38.5 Å². The van der Waals surface area contributed by atoms with Gasteiger partial charge in [0, 0.05) is 23.7 Å². The summed E-state index contributed by atoms with van der Waals surface area (Å²) in [4.78, 5) is 3.64. The van der Waals surface area contributed by atoms with E-state index in [4.69, 9.17) is 0 Å². The van der Waals surface area contributed by atoms with Crippen LogP contribution in [0.25, 0.3) is 0 Å². The van der Waals surface area contributed by atoms with Crippen LogP contribution in [-0.4, -0.2) is 35.7 Å². The van der Waals surface area contributed by atoms with Crippen molar-refractivity contribution < 1.29 is 0 Å². The number of hydrogen-bond acceptors (Lipinski definition) is 4. The van der Waals surface area contributed by atoms with Crippen molar-refractivity contribution in [3.63, 3.8) is 0 Å². The molecule has 2 aromatic rings. The van der Waals surface area contributed by atoms with Gasteiger partial charge in [0.25, 0.3) is 0 Å². The molecule has 5 heteroatoms. The zero-order chi connectivity index (χ0) is 13.0. The minimum absolute atomic E-state index is 0.287. The van der Waals surface area contributed by atoms with Crippen LogP contribution >= 0.6 is 11.3 Å². The Kier molecular flexibility index (Phi) is 4.52. The van der Waals surface area contributed by atoms with Crippen LogP contribution in [0.5, 0.6) is 0 Å². The van der Waals surface area contributed by atoms with E-state index in [1.54, 1.807) is 17.5 Å². The molecule has 2 atom stereocenters. The van der Waals surface area contributed by atoms with E-state index in [1.807, 2.05) is 6.07 Å². The molecule has 0 aromatic carbocycles. The predicted molar refractivity (Wildman–Crippen MR) is 75.8 cm³/mol. The third kappa shape index (κ3) is 3.19. The molecule has 0 saturated heterocycles. The Morgan fingerprint density at radius 1 is 1.44 bits per heavy atom. The summed E-state index contributed by atoms with van der Waals surface area (Å²) in [6, 6.07) is 7.01. The topological polar surface area (TPSA) is 44.0 Å². The first kappa shape index (κ1) is 13.3. The summed E-state index contributed by atoms with van der Waals surface area (Å²) < 4.78 is 0. The zero-order valence-corrected chi connectivity index (χ0v) is 11.9. The average molecular weight is 264 g/mol. The largest absolute Gasteiger partial charge is 0.307 e. The van der Waals surface area contributed by atoms with E-state index in [1.165, 1.54) is 4.88 Å². The van der Waals surface area contributed by atoms with Crippen LogP contribution in [-0.2, 0) is 0 Å². The number of thiophene rings is 1. The van der Waals surface area contributed by atoms with Gasteiger partial charge in [-0.25, -0.2) is 0 Å². The molecule has 4 nitrogen and oxygen atoms in total. The fourth-order valence-corrected chi connectivity index (χ4v) is 2.85. The van der Waals surface area contributed by atoms with Crippen LogP contribution < -0.4 is 5.32 Å². The lowest BCUT2D eigenvalue weighted by Gasteiger charge is -2.25. The Bertz CT molecular complexity index is 436. The van der Waals surface area contributed by atoms with Gasteiger partial charge in [-0.15, -0.1) is 11.3 Å². The van der Waals surface area contributed by atoms with E-state index in [9.17, 15) is 0 Å². The van der Waals surface area contributed by atoms with Crippen molar-refractivity contribution >= 4 is 11.3 Å². The van der Waals surface area contributed by atoms with Crippen LogP contribution in [0.3, 0.4) is 0 Å². The second kappa shape index (κ2) is 6.13. The Hall–Kier alpha value is -1.17. The molecule has 2 N–H and O–H groups in total. The first-order valence-corrected chi connectivity index (χ1v) is 6.99. The summed E-state index contributed by atoms with van der Waals surface area (Å²) in [5.41, 5.74) is 1.12. The summed E-state index contributed by atoms with van der Waals surface area (Å²) in [7, 11) is 4.24. The van der Waals surface area contributed by atoms with Gasteiger partial charge in [-0.1, -0.05) is 6.07 Å². The number of nitrogens with zero attached hydrogens (tertiary/aromatic N) is 2. The Morgan fingerprint density at radius 2 is 2.28 bits per heavy atom. The molecule has 0 bridgehead atoms. The first-order valence-electron chi connectivity index (χ1n) is 6.11. The van der Waals surface area contributed by atoms with E-state index >= 15 is 0 Å². The quantitative estimate of drug-likeness (QED) is 0.842. The Morgan fingerprint density at radius 3 is 2.83 bits per heavy atom. The number of H-pyrrole nitrogens is 1. The summed E-state index contributed by atoms with van der Waals surface area (Å²) in [6.07, 6.45) is 1.79. The average Bonchev–Trinajstić information content (AvgIpc) is 3.01. The standard InChI is InChI=1S/C13H20N4S/c1-10(11-6-7-15-16-11)14-9-12(17(2)3)13-5-4-8-18-13/h4-8,10,12,14H,9H2,1-3H3,(H,15,16). The third-order valence-electron chi connectivity index (χ3n) is 3.10. The smallest absolute Gasteiger partial charge is 0.0561 e. The predicted octanol–water partition coefficient (Wildman–Crippen LogP) is 2.42. The summed E-state index contributed by atoms with van der Waals surface area (Å²) in [6.45, 7) is 3.07. The molecular formula is C13H20N4S. The summed E-state index contributed by atoms with van der Waals surface area (Å²) in [5.74, 6) is 0. The van der Waals surface area contributed by atoms with E-state index in [0.717, 1.165) is 12.2 Å². The van der Waals surface area contributed by atoms with Crippen molar-refractivity contribution in [2.45, 2.75) is 19.0 Å². The molecule has 0 aliphatic carbocycles. The van der Waals surface area contributed by atoms with Crippen molar-refractivity contribution in [3.8, 4) is 0 Å². The molecule has 2 unspecified atom stereocenters. The fraction of sp³-hybridized carbons (Fsp3) is 0.462. The van der Waals surface area contributed by atoms with Crippen molar-refractivity contribution in [2.24, 2.45) is 0 Å². The van der Waals surface area contributed by atoms with E-state index < -0.39 is 0 Å². The minimum Gasteiger partial charge on any atom is -0.307 e. The van der Waals surface area contributed by atoms with Crippen molar-refractivity contribution in [2.75, 3.05) is 20.6 Å². The molecule has 0 spiro atoms. The molecule has 18 heavy (non-hydrogen) atoms. The van der Waals surface area contributed by atoms with Gasteiger partial charge in [-0.3, -0.25) is 5.10 Å². The summed E-state index contributed by atoms with van der Waals surface area (Å²) in [5, 5.41) is 12.7. The number of hydrogen-bond donors (Lipinski definition) is 2. The zero-order valence-electron chi connectivity index (χ0n) is 11.1. The third-order valence-corrected chi connectivity index (χ3v) is 4.07. The molecule has 2 heterocycles. The van der Waals surface area contributed by atoms with Crippen LogP contribution in [0, 0.1) is 0 Å². The van der Waals surface area contributed by atoms with E-state index in [0.29, 0.717) is 6.04 Å². The Balaban J connectivity index is 1.94. The van der Waals surface area contributed by atoms with Gasteiger partial charge >= 0.3 is 0 Å². The lowest BCUT2D eigenvalue weighted by molar-refractivity contribution is 0.285. The number of aromatic nitrogens is 2. The SMILES string of the molecule is CC(NCC(c1cccs1)N(C)C)c1ccn[nH]1. The summed E-state index contributed by atoms with van der Waals surface area (Å²) >= 11 is 1.81. The molecule has 0 fully saturated rings. The van der Waals surface area contributed by atoms with Crippen molar-refractivity contribution in [1.29, 1.82) is 0 Å². The van der Waals surface area contributed by atoms with Crippen molar-refractivity contribution in [1.82, 2.24) is 20.4 Å². The number of aromatic amines is 1. The molecule has 2 aromatic heterocycles. The van der Waals surface area contributed by atoms with E-state index in [2.05, 4.69) is 58.9 Å². The highest BCUT2D eigenvalue weighted by Gasteiger charge is 2.16. The molecule has 0 amide bonds. The normalized spacial score (nSPS) is 14.9. The highest BCUT2D eigenvalue weighted by molar-refractivity contribution is 7.10. The molecule has 0 aliphatic rings. The van der Waals surface area contributed by atoms with Gasteiger partial charge < -0.3 is 10.2 Å². The maximum absolute atomic E-state index is 3.98. The van der Waals surface area contributed by atoms with Gasteiger partial charge in [0.1, 0.15) is 0 Å². The second-order valence-electron chi connectivity index (χ2n) is 4.64. The maximum atomic E-state index is 3.98. The molecule has 0 aliphatic heterocycles. The van der Waals surface area contributed by atoms with Gasteiger partial charge in [-0.2, -0.15) is 5.10 Å². The molecule has 98 valence electrons. The Labute approximate surface area is 112 Å². The first-order chi connectivity index (χ1) is 8.68. The maximum Gasteiger partial charge on any atom is 0.0561 e. The second-order valence-corrected chi connectivity index (χ2v) is 5.62. The van der Waals surface area contributed by atoms with Crippen LogP contribution in [0.15, 0.2) is 29.8 Å². The van der Waals surface area contributed by atoms with Gasteiger partial charge in [0.2, 0.25) is 0 Å². The molecule has 0 radical (unpaired) electrons. The molecule has 2 rings (SSSR count). The highest BCUT2D eigenvalue weighted by Crippen LogP contribution is 2.23. The van der Waals surface area contributed by atoms with E-state index in [-0.39, 0.29) is 6.04 Å². The molecule has 0 saturated carbocycles. The van der Waals surface area contributed by atoms with Crippen LogP contribution in [0.2, 0.25) is 0 Å². The van der Waals surface area contributed by atoms with Gasteiger partial charge in [0.05, 0.1) is 11.7 Å². The monoisotopic (exact) mass is 264 g/mol. The van der Waals surface area contributed by atoms with Crippen LogP contribution in [0.4, 0.5) is 0 Å².